The van der Waals surface area contributed by atoms with Gasteiger partial charge < -0.3 is 4.90 Å². The molecular formula is C17H23N4O3+. The Morgan fingerprint density at radius 3 is 2.46 bits per heavy atom. The van der Waals surface area contributed by atoms with Crippen LogP contribution in [-0.2, 0) is 16.0 Å². The number of hydrogen-bond acceptors (Lipinski definition) is 4. The minimum Gasteiger partial charge on any atom is -0.338 e. The summed E-state index contributed by atoms with van der Waals surface area (Å²) in [5, 5.41) is 2.22. The van der Waals surface area contributed by atoms with E-state index in [1.54, 1.807) is 12.1 Å². The van der Waals surface area contributed by atoms with E-state index in [2.05, 4.69) is 10.3 Å². The van der Waals surface area contributed by atoms with Gasteiger partial charge >= 0.3 is 6.03 Å². The Morgan fingerprint density at radius 2 is 1.88 bits per heavy atom. The number of amides is 4. The summed E-state index contributed by atoms with van der Waals surface area (Å²) >= 11 is 0. The minimum absolute atomic E-state index is 0.443. The number of nitrogens with zero attached hydrogens (tertiary/aromatic N) is 2. The lowest BCUT2D eigenvalue weighted by molar-refractivity contribution is -0.856. The first kappa shape index (κ1) is 17.8. The average molecular weight is 331 g/mol. The molecule has 1 aromatic carbocycles. The number of barbiturate groups is 1. The quantitative estimate of drug-likeness (QED) is 0.553. The number of rotatable bonds is 6. The molecule has 0 unspecified atom stereocenters. The first-order valence-electron chi connectivity index (χ1n) is 8.00. The van der Waals surface area contributed by atoms with Crippen LogP contribution < -0.4 is 15.1 Å². The Morgan fingerprint density at radius 1 is 1.21 bits per heavy atom. The third kappa shape index (κ3) is 4.05. The molecule has 1 saturated heterocycles. The Balaban J connectivity index is 2.17. The highest BCUT2D eigenvalue weighted by atomic mass is 16.2. The second-order valence-electron chi connectivity index (χ2n) is 5.98. The fourth-order valence-electron chi connectivity index (χ4n) is 2.32. The van der Waals surface area contributed by atoms with Crippen molar-refractivity contribution >= 4 is 29.7 Å². The van der Waals surface area contributed by atoms with Crippen LogP contribution in [-0.4, -0.2) is 51.2 Å². The molecule has 0 aliphatic carbocycles. The molecule has 1 aliphatic rings. The number of anilines is 1. The molecule has 0 aromatic heterocycles. The fourth-order valence-corrected chi connectivity index (χ4v) is 2.32. The van der Waals surface area contributed by atoms with Crippen LogP contribution in [0.15, 0.2) is 29.3 Å². The summed E-state index contributed by atoms with van der Waals surface area (Å²) in [5.74, 6) is -2.29. The maximum atomic E-state index is 12.6. The van der Waals surface area contributed by atoms with E-state index in [1.165, 1.54) is 11.1 Å². The van der Waals surface area contributed by atoms with Gasteiger partial charge in [-0.05, 0) is 24.1 Å². The lowest BCUT2D eigenvalue weighted by Crippen LogP contribution is -3.06. The third-order valence-electron chi connectivity index (χ3n) is 3.80. The van der Waals surface area contributed by atoms with E-state index < -0.39 is 23.8 Å². The molecule has 1 atom stereocenters. The van der Waals surface area contributed by atoms with Crippen LogP contribution in [0.2, 0.25) is 0 Å². The van der Waals surface area contributed by atoms with E-state index in [-0.39, 0.29) is 0 Å². The summed E-state index contributed by atoms with van der Waals surface area (Å²) in [5.41, 5.74) is 1.54. The van der Waals surface area contributed by atoms with Gasteiger partial charge in [-0.15, -0.1) is 0 Å². The smallest absolute Gasteiger partial charge is 0.335 e. The van der Waals surface area contributed by atoms with Gasteiger partial charge in [0.25, 0.3) is 5.91 Å². The number of carbonyl (C=O) groups excluding carboxylic acids is 3. The number of aliphatic imine (C=N–C) groups is 1. The van der Waals surface area contributed by atoms with Crippen molar-refractivity contribution in [2.24, 2.45) is 10.9 Å². The second kappa shape index (κ2) is 7.83. The van der Waals surface area contributed by atoms with Gasteiger partial charge in [-0.1, -0.05) is 19.1 Å². The van der Waals surface area contributed by atoms with Crippen molar-refractivity contribution < 1.29 is 19.3 Å². The van der Waals surface area contributed by atoms with Gasteiger partial charge in [0.05, 0.1) is 32.9 Å². The van der Waals surface area contributed by atoms with Gasteiger partial charge in [0.2, 0.25) is 5.91 Å². The van der Waals surface area contributed by atoms with E-state index in [0.29, 0.717) is 12.2 Å². The van der Waals surface area contributed by atoms with Gasteiger partial charge in [0.1, 0.15) is 0 Å². The van der Waals surface area contributed by atoms with E-state index in [1.807, 2.05) is 33.2 Å². The summed E-state index contributed by atoms with van der Waals surface area (Å²) in [6.07, 6.45) is 2.20. The second-order valence-corrected chi connectivity index (χ2v) is 5.98. The van der Waals surface area contributed by atoms with Crippen LogP contribution in [0.3, 0.4) is 0 Å². The predicted molar refractivity (Wildman–Crippen MR) is 91.4 cm³/mol. The topological polar surface area (TPSA) is 83.3 Å². The lowest BCUT2D eigenvalue weighted by atomic mass is 10.1. The van der Waals surface area contributed by atoms with Crippen LogP contribution in [0.5, 0.6) is 0 Å². The van der Waals surface area contributed by atoms with Gasteiger partial charge in [0.15, 0.2) is 5.92 Å². The molecule has 0 radical (unpaired) electrons. The number of carbonyl (C=O) groups is 3. The SMILES string of the molecule is CCc1ccc(N2C(=O)NC(=O)[C@H](C=NCC[NH+](C)C)C2=O)cc1. The van der Waals surface area contributed by atoms with Gasteiger partial charge in [-0.2, -0.15) is 0 Å². The van der Waals surface area contributed by atoms with E-state index in [9.17, 15) is 14.4 Å². The molecule has 1 heterocycles. The van der Waals surface area contributed by atoms with Gasteiger partial charge in [-0.3, -0.25) is 19.9 Å². The van der Waals surface area contributed by atoms with Gasteiger partial charge in [0, 0.05) is 6.21 Å². The van der Waals surface area contributed by atoms with E-state index in [4.69, 9.17) is 0 Å². The van der Waals surface area contributed by atoms with Crippen LogP contribution in [0.1, 0.15) is 12.5 Å². The molecule has 1 aromatic rings. The number of urea groups is 1. The summed E-state index contributed by atoms with van der Waals surface area (Å²) in [7, 11) is 3.99. The Hall–Kier alpha value is -2.54. The molecule has 0 bridgehead atoms. The van der Waals surface area contributed by atoms with Crippen molar-refractivity contribution in [1.82, 2.24) is 5.32 Å². The number of hydrogen-bond donors (Lipinski definition) is 2. The zero-order valence-electron chi connectivity index (χ0n) is 14.2. The maximum absolute atomic E-state index is 12.6. The van der Waals surface area contributed by atoms with Crippen LogP contribution in [0.25, 0.3) is 0 Å². The van der Waals surface area contributed by atoms with Crippen LogP contribution >= 0.6 is 0 Å². The number of quaternary nitrogens is 1. The van der Waals surface area contributed by atoms with Crippen molar-refractivity contribution in [1.29, 1.82) is 0 Å². The van der Waals surface area contributed by atoms with Crippen molar-refractivity contribution in [2.75, 3.05) is 32.1 Å². The summed E-state index contributed by atoms with van der Waals surface area (Å²) in [6.45, 7) is 3.33. The molecule has 2 rings (SSSR count). The third-order valence-corrected chi connectivity index (χ3v) is 3.80. The molecular weight excluding hydrogens is 308 g/mol. The monoisotopic (exact) mass is 331 g/mol. The minimum atomic E-state index is -1.08. The lowest BCUT2D eigenvalue weighted by Gasteiger charge is -2.28. The first-order valence-corrected chi connectivity index (χ1v) is 8.00. The normalized spacial score (nSPS) is 18.6. The fraction of sp³-hybridized carbons (Fsp3) is 0.412. The highest BCUT2D eigenvalue weighted by Crippen LogP contribution is 2.20. The molecule has 4 amide bonds. The molecule has 7 nitrogen and oxygen atoms in total. The molecule has 24 heavy (non-hydrogen) atoms. The summed E-state index contributed by atoms with van der Waals surface area (Å²) in [4.78, 5) is 42.9. The number of nitrogens with one attached hydrogen (secondary N) is 2. The average Bonchev–Trinajstić information content (AvgIpc) is 2.54. The van der Waals surface area contributed by atoms with Gasteiger partial charge in [-0.25, -0.2) is 9.69 Å². The number of aryl methyl sites for hydroxylation is 1. The predicted octanol–water partition coefficient (Wildman–Crippen LogP) is -0.337. The molecule has 7 heteroatoms. The molecule has 0 saturated carbocycles. The zero-order valence-corrected chi connectivity index (χ0v) is 14.2. The van der Waals surface area contributed by atoms with Crippen molar-refractivity contribution in [3.05, 3.63) is 29.8 Å². The first-order chi connectivity index (χ1) is 11.4. The zero-order chi connectivity index (χ0) is 17.7. The van der Waals surface area contributed by atoms with Crippen molar-refractivity contribution in [3.63, 3.8) is 0 Å². The van der Waals surface area contributed by atoms with Crippen LogP contribution in [0.4, 0.5) is 10.5 Å². The molecule has 128 valence electrons. The van der Waals surface area contributed by atoms with Crippen LogP contribution in [0, 0.1) is 5.92 Å². The van der Waals surface area contributed by atoms with Crippen molar-refractivity contribution in [3.8, 4) is 0 Å². The molecule has 1 fully saturated rings. The molecule has 1 aliphatic heterocycles. The Labute approximate surface area is 141 Å². The standard InChI is InChI=1S/C17H22N4O3/c1-4-12-5-7-13(8-6-12)21-16(23)14(15(22)19-17(21)24)11-18-9-10-20(2)3/h5-8,11,14H,4,9-10H2,1-3H3,(H,19,22,24)/p+1/t14-/m0/s1. The van der Waals surface area contributed by atoms with E-state index >= 15 is 0 Å². The number of likely N-dealkylation sites (N-methyl/N-ethyl adjacent to an activating group) is 1. The van der Waals surface area contributed by atoms with Crippen molar-refractivity contribution in [2.45, 2.75) is 13.3 Å². The van der Waals surface area contributed by atoms with E-state index in [0.717, 1.165) is 23.4 Å². The highest BCUT2D eigenvalue weighted by Gasteiger charge is 2.40. The molecule has 2 N–H and O–H groups in total. The highest BCUT2D eigenvalue weighted by molar-refractivity contribution is 6.32. The summed E-state index contributed by atoms with van der Waals surface area (Å²) < 4.78 is 0. The largest absolute Gasteiger partial charge is 0.338 e. The maximum Gasteiger partial charge on any atom is 0.335 e. The number of benzene rings is 1. The Bertz CT molecular complexity index is 652. The number of imide groups is 2. The molecule has 0 spiro atoms. The Kier molecular flexibility index (Phi) is 5.81. The summed E-state index contributed by atoms with van der Waals surface area (Å²) in [6, 6.07) is 6.40.